The lowest BCUT2D eigenvalue weighted by Gasteiger charge is -2.14. The number of nitrogens with zero attached hydrogens (tertiary/aromatic N) is 2. The van der Waals surface area contributed by atoms with Gasteiger partial charge >= 0.3 is 0 Å². The molecule has 3 heterocycles. The molecule has 0 saturated carbocycles. The van der Waals surface area contributed by atoms with Crippen LogP contribution >= 0.6 is 35.3 Å². The van der Waals surface area contributed by atoms with Gasteiger partial charge in [-0.25, -0.2) is 4.98 Å². The largest absolute Gasteiger partial charge is 0.454 e. The van der Waals surface area contributed by atoms with Gasteiger partial charge in [0.2, 0.25) is 6.79 Å². The SMILES string of the molecule is O=C1C(=Cc2nccs2)SC(=S)N1Cc1ccc2c(c1)OCO2. The number of benzene rings is 1. The van der Waals surface area contributed by atoms with Gasteiger partial charge in [0.1, 0.15) is 9.33 Å². The molecule has 0 atom stereocenters. The standard InChI is InChI=1S/C15H10N2O3S3/c18-14-12(6-13-16-3-4-22-13)23-15(21)17(14)7-9-1-2-10-11(5-9)20-8-19-10/h1-6H,7-8H2. The molecule has 1 aromatic heterocycles. The number of thioether (sulfide) groups is 1. The fraction of sp³-hybridized carbons (Fsp3) is 0.133. The molecule has 0 N–H and O–H groups in total. The van der Waals surface area contributed by atoms with Gasteiger partial charge in [-0.05, 0) is 23.8 Å². The second kappa shape index (κ2) is 5.95. The number of amides is 1. The summed E-state index contributed by atoms with van der Waals surface area (Å²) in [6.45, 7) is 0.646. The van der Waals surface area contributed by atoms with E-state index in [2.05, 4.69) is 4.98 Å². The average Bonchev–Trinajstić information content (AvgIpc) is 3.25. The summed E-state index contributed by atoms with van der Waals surface area (Å²) in [5.41, 5.74) is 0.945. The van der Waals surface area contributed by atoms with Crippen LogP contribution in [0.1, 0.15) is 10.6 Å². The normalized spacial score (nSPS) is 18.3. The number of rotatable bonds is 3. The highest BCUT2D eigenvalue weighted by Gasteiger charge is 2.32. The molecule has 8 heteroatoms. The number of hydrogen-bond donors (Lipinski definition) is 0. The number of aromatic nitrogens is 1. The van der Waals surface area contributed by atoms with Gasteiger partial charge < -0.3 is 9.47 Å². The van der Waals surface area contributed by atoms with E-state index < -0.39 is 0 Å². The lowest BCUT2D eigenvalue weighted by Crippen LogP contribution is -2.27. The number of carbonyl (C=O) groups is 1. The number of ether oxygens (including phenoxy) is 2. The predicted octanol–water partition coefficient (Wildman–Crippen LogP) is 3.27. The molecule has 0 spiro atoms. The highest BCUT2D eigenvalue weighted by atomic mass is 32.2. The van der Waals surface area contributed by atoms with Crippen LogP contribution in [0.15, 0.2) is 34.7 Å². The van der Waals surface area contributed by atoms with E-state index in [1.807, 2.05) is 23.6 Å². The van der Waals surface area contributed by atoms with Crippen molar-refractivity contribution in [1.82, 2.24) is 9.88 Å². The first-order valence-electron chi connectivity index (χ1n) is 6.74. The van der Waals surface area contributed by atoms with Gasteiger partial charge in [0, 0.05) is 11.6 Å². The molecule has 0 bridgehead atoms. The number of fused-ring (bicyclic) bond motifs is 1. The van der Waals surface area contributed by atoms with Crippen molar-refractivity contribution >= 4 is 51.6 Å². The first-order valence-corrected chi connectivity index (χ1v) is 8.84. The molecule has 0 aliphatic carbocycles. The maximum atomic E-state index is 12.6. The average molecular weight is 362 g/mol. The van der Waals surface area contributed by atoms with Crippen molar-refractivity contribution in [3.63, 3.8) is 0 Å². The Morgan fingerprint density at radius 1 is 1.35 bits per heavy atom. The summed E-state index contributed by atoms with van der Waals surface area (Å²) in [5.74, 6) is 1.34. The molecule has 4 rings (SSSR count). The van der Waals surface area contributed by atoms with E-state index >= 15 is 0 Å². The Labute approximate surface area is 145 Å². The highest BCUT2D eigenvalue weighted by Crippen LogP contribution is 2.36. The van der Waals surface area contributed by atoms with Gasteiger partial charge in [-0.3, -0.25) is 9.69 Å². The first-order chi connectivity index (χ1) is 11.2. The molecule has 1 saturated heterocycles. The van der Waals surface area contributed by atoms with Crippen molar-refractivity contribution in [2.75, 3.05) is 6.79 Å². The number of hydrogen-bond acceptors (Lipinski definition) is 7. The Balaban J connectivity index is 1.55. The zero-order valence-corrected chi connectivity index (χ0v) is 14.2. The van der Waals surface area contributed by atoms with Gasteiger partial charge in [0.15, 0.2) is 11.5 Å². The van der Waals surface area contributed by atoms with Crippen LogP contribution in [0.3, 0.4) is 0 Å². The molecule has 1 aromatic carbocycles. The molecule has 1 fully saturated rings. The quantitative estimate of drug-likeness (QED) is 0.617. The third-order valence-electron chi connectivity index (χ3n) is 3.36. The molecule has 0 unspecified atom stereocenters. The molecule has 5 nitrogen and oxygen atoms in total. The van der Waals surface area contributed by atoms with E-state index in [4.69, 9.17) is 21.7 Å². The molecular weight excluding hydrogens is 352 g/mol. The van der Waals surface area contributed by atoms with Gasteiger partial charge in [0.25, 0.3) is 5.91 Å². The minimum Gasteiger partial charge on any atom is -0.454 e. The van der Waals surface area contributed by atoms with Gasteiger partial charge in [-0.2, -0.15) is 0 Å². The molecule has 2 aliphatic heterocycles. The van der Waals surface area contributed by atoms with Gasteiger partial charge in [0.05, 0.1) is 11.4 Å². The Hall–Kier alpha value is -1.90. The van der Waals surface area contributed by atoms with E-state index in [0.29, 0.717) is 21.5 Å². The molecule has 2 aliphatic rings. The van der Waals surface area contributed by atoms with Crippen LogP contribution in [-0.4, -0.2) is 26.9 Å². The predicted molar refractivity (Wildman–Crippen MR) is 93.4 cm³/mol. The fourth-order valence-corrected chi connectivity index (χ4v) is 4.15. The van der Waals surface area contributed by atoms with Gasteiger partial charge in [-0.15, -0.1) is 11.3 Å². The summed E-state index contributed by atoms with van der Waals surface area (Å²) in [6, 6.07) is 5.64. The molecule has 2 aromatic rings. The highest BCUT2D eigenvalue weighted by molar-refractivity contribution is 8.26. The second-order valence-electron chi connectivity index (χ2n) is 4.83. The summed E-state index contributed by atoms with van der Waals surface area (Å²) in [4.78, 5) is 18.9. The van der Waals surface area contributed by atoms with E-state index in [1.54, 1.807) is 17.2 Å². The van der Waals surface area contributed by atoms with Crippen LogP contribution in [0.2, 0.25) is 0 Å². The maximum absolute atomic E-state index is 12.6. The third-order valence-corrected chi connectivity index (χ3v) is 5.46. The Morgan fingerprint density at radius 3 is 3.04 bits per heavy atom. The van der Waals surface area contributed by atoms with Crippen molar-refractivity contribution in [3.05, 3.63) is 45.3 Å². The maximum Gasteiger partial charge on any atom is 0.266 e. The summed E-state index contributed by atoms with van der Waals surface area (Å²) < 4.78 is 11.2. The fourth-order valence-electron chi connectivity index (χ4n) is 2.28. The van der Waals surface area contributed by atoms with Crippen molar-refractivity contribution in [1.29, 1.82) is 0 Å². The van der Waals surface area contributed by atoms with E-state index in [-0.39, 0.29) is 12.7 Å². The zero-order chi connectivity index (χ0) is 15.8. The molecular formula is C15H10N2O3S3. The van der Waals surface area contributed by atoms with E-state index in [1.165, 1.54) is 23.1 Å². The zero-order valence-electron chi connectivity index (χ0n) is 11.7. The lowest BCUT2D eigenvalue weighted by molar-refractivity contribution is -0.122. The number of carbonyl (C=O) groups excluding carboxylic acids is 1. The van der Waals surface area contributed by atoms with E-state index in [9.17, 15) is 4.79 Å². The summed E-state index contributed by atoms with van der Waals surface area (Å²) in [6.07, 6.45) is 3.49. The minimum atomic E-state index is -0.0899. The monoisotopic (exact) mass is 362 g/mol. The van der Waals surface area contributed by atoms with Crippen LogP contribution in [0.4, 0.5) is 0 Å². The molecule has 1 amide bonds. The summed E-state index contributed by atoms with van der Waals surface area (Å²) in [5, 5.41) is 2.67. The number of thiocarbonyl (C=S) groups is 1. The summed E-state index contributed by atoms with van der Waals surface area (Å²) >= 11 is 8.13. The molecule has 116 valence electrons. The topological polar surface area (TPSA) is 51.7 Å². The van der Waals surface area contributed by atoms with Crippen LogP contribution < -0.4 is 9.47 Å². The van der Waals surface area contributed by atoms with Gasteiger partial charge in [-0.1, -0.05) is 30.0 Å². The second-order valence-corrected chi connectivity index (χ2v) is 7.43. The van der Waals surface area contributed by atoms with E-state index in [0.717, 1.165) is 16.3 Å². The lowest BCUT2D eigenvalue weighted by atomic mass is 10.2. The van der Waals surface area contributed by atoms with Crippen molar-refractivity contribution < 1.29 is 14.3 Å². The summed E-state index contributed by atoms with van der Waals surface area (Å²) in [7, 11) is 0. The van der Waals surface area contributed by atoms with Crippen LogP contribution in [0.25, 0.3) is 6.08 Å². The first kappa shape index (κ1) is 14.7. The van der Waals surface area contributed by atoms with Crippen molar-refractivity contribution in [2.45, 2.75) is 6.54 Å². The Morgan fingerprint density at radius 2 is 2.22 bits per heavy atom. The van der Waals surface area contributed by atoms with Crippen LogP contribution in [-0.2, 0) is 11.3 Å². The third kappa shape index (κ3) is 2.85. The van der Waals surface area contributed by atoms with Crippen LogP contribution in [0.5, 0.6) is 11.5 Å². The number of thiazole rings is 1. The van der Waals surface area contributed by atoms with Crippen LogP contribution in [0, 0.1) is 0 Å². The molecule has 23 heavy (non-hydrogen) atoms. The Bertz CT molecular complexity index is 817. The Kier molecular flexibility index (Phi) is 3.80. The van der Waals surface area contributed by atoms with Crippen molar-refractivity contribution in [2.24, 2.45) is 0 Å². The van der Waals surface area contributed by atoms with Crippen molar-refractivity contribution in [3.8, 4) is 11.5 Å². The minimum absolute atomic E-state index is 0.0899. The smallest absolute Gasteiger partial charge is 0.266 e. The molecule has 0 radical (unpaired) electrons.